The van der Waals surface area contributed by atoms with Gasteiger partial charge in [0.05, 0.1) is 0 Å². The summed E-state index contributed by atoms with van der Waals surface area (Å²) in [6.45, 7) is 6.21. The number of ether oxygens (including phenoxy) is 2. The zero-order chi connectivity index (χ0) is 11.1. The van der Waals surface area contributed by atoms with Crippen LogP contribution >= 0.6 is 0 Å². The zero-order valence-electron chi connectivity index (χ0n) is 9.67. The van der Waals surface area contributed by atoms with Crippen LogP contribution in [0, 0.1) is 6.92 Å². The smallest absolute Gasteiger partial charge is 0.188 e. The van der Waals surface area contributed by atoms with Crippen molar-refractivity contribution in [2.24, 2.45) is 0 Å². The van der Waals surface area contributed by atoms with Crippen molar-refractivity contribution in [1.29, 1.82) is 0 Å². The van der Waals surface area contributed by atoms with E-state index >= 15 is 0 Å². The standard InChI is InChI=1S/C12H19NO2/c1-4-13-8-11-7-5-6-10(2)12(11)15-9-14-3/h5-7,13H,4,8-9H2,1-3H3. The van der Waals surface area contributed by atoms with Gasteiger partial charge in [-0.3, -0.25) is 0 Å². The molecule has 84 valence electrons. The van der Waals surface area contributed by atoms with Crippen LogP contribution in [0.15, 0.2) is 18.2 Å². The Labute approximate surface area is 91.4 Å². The van der Waals surface area contributed by atoms with Crippen LogP contribution in [0.2, 0.25) is 0 Å². The maximum Gasteiger partial charge on any atom is 0.188 e. The molecule has 1 aromatic rings. The summed E-state index contributed by atoms with van der Waals surface area (Å²) >= 11 is 0. The van der Waals surface area contributed by atoms with Gasteiger partial charge in [0, 0.05) is 19.2 Å². The zero-order valence-corrected chi connectivity index (χ0v) is 9.67. The molecule has 0 radical (unpaired) electrons. The fourth-order valence-electron chi connectivity index (χ4n) is 1.44. The quantitative estimate of drug-likeness (QED) is 0.728. The first-order chi connectivity index (χ1) is 7.29. The topological polar surface area (TPSA) is 30.5 Å². The van der Waals surface area contributed by atoms with E-state index in [2.05, 4.69) is 18.3 Å². The number of nitrogens with one attached hydrogen (secondary N) is 1. The summed E-state index contributed by atoms with van der Waals surface area (Å²) in [5.41, 5.74) is 2.32. The van der Waals surface area contributed by atoms with Gasteiger partial charge in [-0.05, 0) is 19.0 Å². The number of hydrogen-bond acceptors (Lipinski definition) is 3. The maximum atomic E-state index is 5.55. The molecular formula is C12H19NO2. The first kappa shape index (κ1) is 12.0. The Bertz CT molecular complexity index is 300. The first-order valence-electron chi connectivity index (χ1n) is 5.20. The number of para-hydroxylation sites is 1. The Hall–Kier alpha value is -1.06. The Morgan fingerprint density at radius 3 is 2.80 bits per heavy atom. The molecule has 0 unspecified atom stereocenters. The average Bonchev–Trinajstić information content (AvgIpc) is 2.25. The molecule has 0 heterocycles. The molecule has 1 N–H and O–H groups in total. The lowest BCUT2D eigenvalue weighted by molar-refractivity contribution is 0.0498. The van der Waals surface area contributed by atoms with Crippen molar-refractivity contribution in [3.63, 3.8) is 0 Å². The maximum absolute atomic E-state index is 5.55. The van der Waals surface area contributed by atoms with Crippen molar-refractivity contribution in [2.75, 3.05) is 20.4 Å². The molecule has 0 fully saturated rings. The molecule has 0 aliphatic rings. The molecule has 1 aromatic carbocycles. The minimum atomic E-state index is 0.296. The molecule has 0 amide bonds. The van der Waals surface area contributed by atoms with E-state index in [4.69, 9.17) is 9.47 Å². The first-order valence-corrected chi connectivity index (χ1v) is 5.20. The average molecular weight is 209 g/mol. The molecule has 0 bridgehead atoms. The Morgan fingerprint density at radius 2 is 2.13 bits per heavy atom. The molecular weight excluding hydrogens is 190 g/mol. The summed E-state index contributed by atoms with van der Waals surface area (Å²) < 4.78 is 10.5. The van der Waals surface area contributed by atoms with Crippen LogP contribution in [0.3, 0.4) is 0 Å². The highest BCUT2D eigenvalue weighted by Gasteiger charge is 2.05. The van der Waals surface area contributed by atoms with E-state index in [1.807, 2.05) is 19.1 Å². The lowest BCUT2D eigenvalue weighted by atomic mass is 10.1. The molecule has 0 aromatic heterocycles. The van der Waals surface area contributed by atoms with Gasteiger partial charge >= 0.3 is 0 Å². The van der Waals surface area contributed by atoms with Gasteiger partial charge in [0.25, 0.3) is 0 Å². The van der Waals surface area contributed by atoms with E-state index in [9.17, 15) is 0 Å². The molecule has 0 spiro atoms. The lowest BCUT2D eigenvalue weighted by Crippen LogP contribution is -2.13. The molecule has 0 saturated carbocycles. The van der Waals surface area contributed by atoms with Gasteiger partial charge in [0.2, 0.25) is 0 Å². The summed E-state index contributed by atoms with van der Waals surface area (Å²) in [5.74, 6) is 0.931. The number of benzene rings is 1. The summed E-state index contributed by atoms with van der Waals surface area (Å²) in [6, 6.07) is 6.16. The van der Waals surface area contributed by atoms with Gasteiger partial charge in [-0.25, -0.2) is 0 Å². The van der Waals surface area contributed by atoms with Crippen LogP contribution in [0.1, 0.15) is 18.1 Å². The van der Waals surface area contributed by atoms with Gasteiger partial charge in [-0.1, -0.05) is 25.1 Å². The third-order valence-electron chi connectivity index (χ3n) is 2.18. The molecule has 0 saturated heterocycles. The van der Waals surface area contributed by atoms with Crippen molar-refractivity contribution in [3.05, 3.63) is 29.3 Å². The number of methoxy groups -OCH3 is 1. The number of aryl methyl sites for hydroxylation is 1. The van der Waals surface area contributed by atoms with Crippen LogP contribution in [0.25, 0.3) is 0 Å². The Balaban J connectivity index is 2.77. The highest BCUT2D eigenvalue weighted by atomic mass is 16.7. The Morgan fingerprint density at radius 1 is 1.33 bits per heavy atom. The van der Waals surface area contributed by atoms with E-state index < -0.39 is 0 Å². The lowest BCUT2D eigenvalue weighted by Gasteiger charge is -2.13. The van der Waals surface area contributed by atoms with Gasteiger partial charge < -0.3 is 14.8 Å². The van der Waals surface area contributed by atoms with E-state index in [0.29, 0.717) is 6.79 Å². The van der Waals surface area contributed by atoms with E-state index in [0.717, 1.165) is 24.4 Å². The van der Waals surface area contributed by atoms with Gasteiger partial charge in [0.15, 0.2) is 6.79 Å². The van der Waals surface area contributed by atoms with E-state index in [-0.39, 0.29) is 0 Å². The van der Waals surface area contributed by atoms with Crippen molar-refractivity contribution in [1.82, 2.24) is 5.32 Å². The summed E-state index contributed by atoms with van der Waals surface area (Å²) in [4.78, 5) is 0. The minimum absolute atomic E-state index is 0.296. The molecule has 3 nitrogen and oxygen atoms in total. The molecule has 0 aliphatic heterocycles. The summed E-state index contributed by atoms with van der Waals surface area (Å²) in [6.07, 6.45) is 0. The van der Waals surface area contributed by atoms with Crippen molar-refractivity contribution >= 4 is 0 Å². The molecule has 0 aliphatic carbocycles. The van der Waals surface area contributed by atoms with Gasteiger partial charge in [0.1, 0.15) is 5.75 Å². The van der Waals surface area contributed by atoms with Gasteiger partial charge in [-0.2, -0.15) is 0 Å². The second-order valence-electron chi connectivity index (χ2n) is 3.39. The molecule has 15 heavy (non-hydrogen) atoms. The second-order valence-corrected chi connectivity index (χ2v) is 3.39. The Kier molecular flexibility index (Phi) is 5.15. The van der Waals surface area contributed by atoms with Crippen LogP contribution < -0.4 is 10.1 Å². The fraction of sp³-hybridized carbons (Fsp3) is 0.500. The third-order valence-corrected chi connectivity index (χ3v) is 2.18. The predicted octanol–water partition coefficient (Wildman–Crippen LogP) is 2.09. The minimum Gasteiger partial charge on any atom is -0.467 e. The number of hydrogen-bond donors (Lipinski definition) is 1. The summed E-state index contributed by atoms with van der Waals surface area (Å²) in [5, 5.41) is 3.29. The number of rotatable bonds is 6. The van der Waals surface area contributed by atoms with E-state index in [1.165, 1.54) is 5.56 Å². The van der Waals surface area contributed by atoms with Crippen LogP contribution in [0.4, 0.5) is 0 Å². The molecule has 1 rings (SSSR count). The monoisotopic (exact) mass is 209 g/mol. The van der Waals surface area contributed by atoms with Crippen LogP contribution in [-0.4, -0.2) is 20.4 Å². The third kappa shape index (κ3) is 3.53. The van der Waals surface area contributed by atoms with Crippen LogP contribution in [-0.2, 0) is 11.3 Å². The normalized spacial score (nSPS) is 10.3. The fourth-order valence-corrected chi connectivity index (χ4v) is 1.44. The predicted molar refractivity (Wildman–Crippen MR) is 61.1 cm³/mol. The summed E-state index contributed by atoms with van der Waals surface area (Å²) in [7, 11) is 1.63. The highest BCUT2D eigenvalue weighted by Crippen LogP contribution is 2.23. The van der Waals surface area contributed by atoms with Crippen LogP contribution in [0.5, 0.6) is 5.75 Å². The van der Waals surface area contributed by atoms with Crippen molar-refractivity contribution < 1.29 is 9.47 Å². The van der Waals surface area contributed by atoms with Gasteiger partial charge in [-0.15, -0.1) is 0 Å². The molecule has 0 atom stereocenters. The SMILES string of the molecule is CCNCc1cccc(C)c1OCOC. The largest absolute Gasteiger partial charge is 0.467 e. The van der Waals surface area contributed by atoms with Crippen molar-refractivity contribution in [2.45, 2.75) is 20.4 Å². The molecule has 3 heteroatoms. The highest BCUT2D eigenvalue weighted by molar-refractivity contribution is 5.40. The second kappa shape index (κ2) is 6.43. The van der Waals surface area contributed by atoms with Crippen molar-refractivity contribution in [3.8, 4) is 5.75 Å². The van der Waals surface area contributed by atoms with E-state index in [1.54, 1.807) is 7.11 Å².